The maximum absolute atomic E-state index is 6.63. The van der Waals surface area contributed by atoms with Crippen molar-refractivity contribution in [1.82, 2.24) is 19.9 Å². The van der Waals surface area contributed by atoms with Gasteiger partial charge in [-0.2, -0.15) is 0 Å². The van der Waals surface area contributed by atoms with Gasteiger partial charge in [-0.25, -0.2) is 15.0 Å². The summed E-state index contributed by atoms with van der Waals surface area (Å²) < 4.78 is 13.1. The van der Waals surface area contributed by atoms with Gasteiger partial charge in [-0.15, -0.1) is 0 Å². The third-order valence-corrected chi connectivity index (χ3v) is 9.03. The van der Waals surface area contributed by atoms with Crippen LogP contribution in [0.5, 0.6) is 0 Å². The minimum Gasteiger partial charge on any atom is -0.455 e. The highest BCUT2D eigenvalue weighted by Gasteiger charge is 2.22. The number of rotatable bonds is 4. The van der Waals surface area contributed by atoms with Gasteiger partial charge in [-0.05, 0) is 41.1 Å². The van der Waals surface area contributed by atoms with E-state index in [4.69, 9.17) is 23.8 Å². The molecule has 0 saturated carbocycles. The van der Waals surface area contributed by atoms with Crippen molar-refractivity contribution in [1.29, 1.82) is 0 Å². The van der Waals surface area contributed by atoms with Gasteiger partial charge < -0.3 is 8.83 Å². The molecule has 0 unspecified atom stereocenters. The molecule has 0 bridgehead atoms. The third kappa shape index (κ3) is 4.13. The Labute approximate surface area is 274 Å². The van der Waals surface area contributed by atoms with Crippen LogP contribution in [-0.2, 0) is 0 Å². The van der Waals surface area contributed by atoms with Gasteiger partial charge >= 0.3 is 0 Å². The Balaban J connectivity index is 1.25. The predicted octanol–water partition coefficient (Wildman–Crippen LogP) is 10.9. The summed E-state index contributed by atoms with van der Waals surface area (Å²) in [6.07, 6.45) is 3.55. The van der Waals surface area contributed by atoms with Crippen molar-refractivity contribution >= 4 is 54.6 Å². The summed E-state index contributed by atoms with van der Waals surface area (Å²) in [5.74, 6) is 1.76. The summed E-state index contributed by atoms with van der Waals surface area (Å²) in [4.78, 5) is 19.6. The Morgan fingerprint density at radius 3 is 2.04 bits per heavy atom. The highest BCUT2D eigenvalue weighted by molar-refractivity contribution is 6.18. The fourth-order valence-electron chi connectivity index (χ4n) is 6.76. The molecular formula is C42H24N4O2. The van der Waals surface area contributed by atoms with Crippen molar-refractivity contribution in [2.75, 3.05) is 0 Å². The normalized spacial score (nSPS) is 11.8. The summed E-state index contributed by atoms with van der Waals surface area (Å²) in [7, 11) is 0. The standard InChI is InChI=1S/C42H24N4O2/c1-2-10-26(11-3-1)40-44-41(28-18-17-25-9-4-5-12-27(25)23-28)46-42(45-40)34-20-19-32(39-37(34)33-21-22-43-24-36(33)48-39)31-15-8-14-30-29-13-6-7-16-35(29)47-38(30)31/h1-24H. The number of para-hydroxylation sites is 2. The largest absolute Gasteiger partial charge is 0.455 e. The maximum atomic E-state index is 6.63. The first-order chi connectivity index (χ1) is 23.8. The van der Waals surface area contributed by atoms with Gasteiger partial charge in [0.1, 0.15) is 16.7 Å². The Bertz CT molecular complexity index is 2850. The predicted molar refractivity (Wildman–Crippen MR) is 191 cm³/mol. The van der Waals surface area contributed by atoms with E-state index < -0.39 is 0 Å². The molecule has 0 atom stereocenters. The molecule has 48 heavy (non-hydrogen) atoms. The number of furan rings is 2. The fourth-order valence-corrected chi connectivity index (χ4v) is 6.76. The molecule has 10 aromatic rings. The average molecular weight is 617 g/mol. The van der Waals surface area contributed by atoms with Gasteiger partial charge in [0, 0.05) is 55.6 Å². The number of hydrogen-bond donors (Lipinski definition) is 0. The number of hydrogen-bond acceptors (Lipinski definition) is 6. The Kier molecular flexibility index (Phi) is 5.77. The first-order valence-electron chi connectivity index (χ1n) is 15.8. The van der Waals surface area contributed by atoms with Crippen LogP contribution in [-0.4, -0.2) is 19.9 Å². The monoisotopic (exact) mass is 616 g/mol. The average Bonchev–Trinajstić information content (AvgIpc) is 3.74. The van der Waals surface area contributed by atoms with Gasteiger partial charge in [0.2, 0.25) is 0 Å². The van der Waals surface area contributed by atoms with E-state index in [-0.39, 0.29) is 0 Å². The molecule has 0 amide bonds. The topological polar surface area (TPSA) is 77.8 Å². The first-order valence-corrected chi connectivity index (χ1v) is 15.8. The summed E-state index contributed by atoms with van der Waals surface area (Å²) in [6, 6.07) is 45.2. The molecule has 0 aliphatic carbocycles. The second kappa shape index (κ2) is 10.4. The molecule has 0 N–H and O–H groups in total. The Morgan fingerprint density at radius 2 is 1.12 bits per heavy atom. The number of pyridine rings is 1. The smallest absolute Gasteiger partial charge is 0.164 e. The van der Waals surface area contributed by atoms with Crippen LogP contribution in [0.4, 0.5) is 0 Å². The molecule has 0 radical (unpaired) electrons. The molecule has 0 aliphatic rings. The highest BCUT2D eigenvalue weighted by atomic mass is 16.3. The van der Waals surface area contributed by atoms with Crippen LogP contribution in [0.15, 0.2) is 155 Å². The lowest BCUT2D eigenvalue weighted by Gasteiger charge is -2.11. The lowest BCUT2D eigenvalue weighted by Crippen LogP contribution is -2.00. The fraction of sp³-hybridized carbons (Fsp3) is 0. The van der Waals surface area contributed by atoms with Gasteiger partial charge in [0.15, 0.2) is 23.1 Å². The van der Waals surface area contributed by atoms with E-state index in [1.165, 1.54) is 0 Å². The molecule has 0 saturated heterocycles. The second-order valence-electron chi connectivity index (χ2n) is 11.9. The van der Waals surface area contributed by atoms with Crippen LogP contribution < -0.4 is 0 Å². The van der Waals surface area contributed by atoms with Gasteiger partial charge in [0.05, 0.1) is 6.20 Å². The van der Waals surface area contributed by atoms with E-state index in [0.717, 1.165) is 76.9 Å². The molecule has 0 aliphatic heterocycles. The lowest BCUT2D eigenvalue weighted by molar-refractivity contribution is 0.664. The van der Waals surface area contributed by atoms with Crippen LogP contribution in [0.2, 0.25) is 0 Å². The molecule has 4 aromatic heterocycles. The highest BCUT2D eigenvalue weighted by Crippen LogP contribution is 2.44. The van der Waals surface area contributed by atoms with Gasteiger partial charge in [-0.1, -0.05) is 103 Å². The van der Waals surface area contributed by atoms with E-state index >= 15 is 0 Å². The second-order valence-corrected chi connectivity index (χ2v) is 11.9. The van der Waals surface area contributed by atoms with E-state index in [9.17, 15) is 0 Å². The maximum Gasteiger partial charge on any atom is 0.164 e. The molecule has 4 heterocycles. The number of fused-ring (bicyclic) bond motifs is 7. The summed E-state index contributed by atoms with van der Waals surface area (Å²) in [5.41, 5.74) is 7.61. The van der Waals surface area contributed by atoms with Crippen molar-refractivity contribution < 1.29 is 8.83 Å². The third-order valence-electron chi connectivity index (χ3n) is 9.03. The van der Waals surface area contributed by atoms with Crippen LogP contribution in [0, 0.1) is 0 Å². The van der Waals surface area contributed by atoms with Crippen molar-refractivity contribution in [3.8, 4) is 45.3 Å². The number of benzene rings is 6. The zero-order valence-corrected chi connectivity index (χ0v) is 25.5. The van der Waals surface area contributed by atoms with Crippen molar-refractivity contribution in [2.24, 2.45) is 0 Å². The number of nitrogens with zero attached hydrogens (tertiary/aromatic N) is 4. The van der Waals surface area contributed by atoms with Crippen molar-refractivity contribution in [3.05, 3.63) is 146 Å². The minimum atomic E-state index is 0.560. The molecule has 0 spiro atoms. The summed E-state index contributed by atoms with van der Waals surface area (Å²) >= 11 is 0. The Hall–Kier alpha value is -6.66. The van der Waals surface area contributed by atoms with Crippen LogP contribution >= 0.6 is 0 Å². The molecule has 10 rings (SSSR count). The summed E-state index contributed by atoms with van der Waals surface area (Å²) in [5, 5.41) is 6.27. The molecule has 6 aromatic carbocycles. The van der Waals surface area contributed by atoms with Crippen molar-refractivity contribution in [3.63, 3.8) is 0 Å². The van der Waals surface area contributed by atoms with E-state index in [2.05, 4.69) is 71.7 Å². The summed E-state index contributed by atoms with van der Waals surface area (Å²) in [6.45, 7) is 0. The Morgan fingerprint density at radius 1 is 0.417 bits per heavy atom. The van der Waals surface area contributed by atoms with Crippen LogP contribution in [0.1, 0.15) is 0 Å². The molecule has 0 fully saturated rings. The molecule has 6 heteroatoms. The van der Waals surface area contributed by atoms with E-state index in [1.54, 1.807) is 12.4 Å². The van der Waals surface area contributed by atoms with Crippen LogP contribution in [0.3, 0.4) is 0 Å². The first kappa shape index (κ1) is 26.5. The quantitative estimate of drug-likeness (QED) is 0.196. The molecule has 224 valence electrons. The number of aromatic nitrogens is 4. The zero-order chi connectivity index (χ0) is 31.6. The van der Waals surface area contributed by atoms with E-state index in [1.807, 2.05) is 66.7 Å². The zero-order valence-electron chi connectivity index (χ0n) is 25.5. The lowest BCUT2D eigenvalue weighted by atomic mass is 9.97. The van der Waals surface area contributed by atoms with Crippen LogP contribution in [0.25, 0.3) is 99.9 Å². The van der Waals surface area contributed by atoms with E-state index in [0.29, 0.717) is 23.1 Å². The SMILES string of the molecule is c1ccc(-c2nc(-c3ccc4ccccc4c3)nc(-c3ccc(-c4cccc5c4oc4ccccc45)c4oc5cnccc5c34)n2)cc1. The van der Waals surface area contributed by atoms with Crippen molar-refractivity contribution in [2.45, 2.75) is 0 Å². The molecular weight excluding hydrogens is 592 g/mol. The minimum absolute atomic E-state index is 0.560. The van der Waals surface area contributed by atoms with Gasteiger partial charge in [0.25, 0.3) is 0 Å². The molecule has 6 nitrogen and oxygen atoms in total. The van der Waals surface area contributed by atoms with Gasteiger partial charge in [-0.3, -0.25) is 4.98 Å².